The smallest absolute Gasteiger partial charge is 0.224 e. The van der Waals surface area contributed by atoms with Crippen molar-refractivity contribution in [1.82, 2.24) is 9.88 Å². The van der Waals surface area contributed by atoms with Gasteiger partial charge in [0.05, 0.1) is 6.04 Å². The van der Waals surface area contributed by atoms with Crippen molar-refractivity contribution < 1.29 is 4.79 Å². The lowest BCUT2D eigenvalue weighted by Crippen LogP contribution is -2.36. The molecule has 4 heteroatoms. The first-order chi connectivity index (χ1) is 8.75. The van der Waals surface area contributed by atoms with Gasteiger partial charge in [-0.15, -0.1) is 0 Å². The van der Waals surface area contributed by atoms with Crippen molar-refractivity contribution in [3.8, 4) is 0 Å². The molecule has 0 spiro atoms. The Balaban J connectivity index is 1.64. The highest BCUT2D eigenvalue weighted by molar-refractivity contribution is 5.77. The Morgan fingerprint density at radius 1 is 1.50 bits per heavy atom. The summed E-state index contributed by atoms with van der Waals surface area (Å²) in [6, 6.07) is 4.37. The Labute approximate surface area is 108 Å². The summed E-state index contributed by atoms with van der Waals surface area (Å²) in [5.74, 6) is 0.826. The Morgan fingerprint density at radius 3 is 3.00 bits per heavy atom. The molecule has 3 N–H and O–H groups in total. The molecule has 1 aromatic heterocycles. The number of carbonyl (C=O) groups is 1. The van der Waals surface area contributed by atoms with Crippen LogP contribution in [0.1, 0.15) is 43.8 Å². The predicted octanol–water partition coefficient (Wildman–Crippen LogP) is 1.81. The van der Waals surface area contributed by atoms with Gasteiger partial charge in [-0.1, -0.05) is 0 Å². The second-order valence-electron chi connectivity index (χ2n) is 5.58. The summed E-state index contributed by atoms with van der Waals surface area (Å²) in [6.07, 6.45) is 7.00. The number of aromatic nitrogens is 1. The van der Waals surface area contributed by atoms with E-state index in [1.54, 1.807) is 0 Å². The molecule has 2 atom stereocenters. The van der Waals surface area contributed by atoms with Crippen LogP contribution in [0.15, 0.2) is 18.3 Å². The minimum absolute atomic E-state index is 0.0717. The first-order valence-corrected chi connectivity index (χ1v) is 6.94. The van der Waals surface area contributed by atoms with Gasteiger partial charge in [-0.05, 0) is 43.7 Å². The Hall–Kier alpha value is -1.29. The van der Waals surface area contributed by atoms with E-state index in [9.17, 15) is 4.79 Å². The number of carbonyl (C=O) groups excluding carboxylic acids is 1. The number of aromatic amines is 1. The highest BCUT2D eigenvalue weighted by Crippen LogP contribution is 2.35. The third kappa shape index (κ3) is 2.29. The highest BCUT2D eigenvalue weighted by Gasteiger charge is 2.34. The molecule has 2 heterocycles. The van der Waals surface area contributed by atoms with E-state index in [1.165, 1.54) is 12.8 Å². The maximum Gasteiger partial charge on any atom is 0.224 e. The van der Waals surface area contributed by atoms with Crippen LogP contribution in [0.3, 0.4) is 0 Å². The van der Waals surface area contributed by atoms with Crippen LogP contribution >= 0.6 is 0 Å². The standard InChI is InChI=1S/C14H21N3O/c15-11(10-5-6-10)9-14(18)17-8-2-4-13(17)12-3-1-7-16-12/h1,3,7,10-11,13,16H,2,4-6,8-9,15H2. The molecule has 2 fully saturated rings. The molecule has 2 aliphatic rings. The number of nitrogens with zero attached hydrogens (tertiary/aromatic N) is 1. The summed E-state index contributed by atoms with van der Waals surface area (Å²) in [4.78, 5) is 17.6. The fraction of sp³-hybridized carbons (Fsp3) is 0.643. The molecule has 98 valence electrons. The number of H-pyrrole nitrogens is 1. The van der Waals surface area contributed by atoms with E-state index in [1.807, 2.05) is 17.2 Å². The molecule has 1 aliphatic heterocycles. The Bertz CT molecular complexity index is 411. The molecule has 18 heavy (non-hydrogen) atoms. The van der Waals surface area contributed by atoms with E-state index in [0.717, 1.165) is 25.1 Å². The zero-order valence-electron chi connectivity index (χ0n) is 10.6. The van der Waals surface area contributed by atoms with Gasteiger partial charge in [0.2, 0.25) is 5.91 Å². The SMILES string of the molecule is NC(CC(=O)N1CCCC1c1ccc[nH]1)C1CC1. The van der Waals surface area contributed by atoms with Crippen molar-refractivity contribution in [3.05, 3.63) is 24.0 Å². The average molecular weight is 247 g/mol. The molecule has 4 nitrogen and oxygen atoms in total. The van der Waals surface area contributed by atoms with Crippen molar-refractivity contribution in [2.75, 3.05) is 6.54 Å². The summed E-state index contributed by atoms with van der Waals surface area (Å²) < 4.78 is 0. The monoisotopic (exact) mass is 247 g/mol. The van der Waals surface area contributed by atoms with Gasteiger partial charge in [0.1, 0.15) is 0 Å². The number of nitrogens with one attached hydrogen (secondary N) is 1. The van der Waals surface area contributed by atoms with E-state index in [4.69, 9.17) is 5.73 Å². The van der Waals surface area contributed by atoms with Gasteiger partial charge >= 0.3 is 0 Å². The Morgan fingerprint density at radius 2 is 2.33 bits per heavy atom. The molecule has 1 aromatic rings. The topological polar surface area (TPSA) is 62.1 Å². The zero-order chi connectivity index (χ0) is 12.5. The van der Waals surface area contributed by atoms with Crippen molar-refractivity contribution in [3.63, 3.8) is 0 Å². The van der Waals surface area contributed by atoms with Crippen molar-refractivity contribution in [2.45, 2.75) is 44.2 Å². The van der Waals surface area contributed by atoms with Crippen LogP contribution in [0.25, 0.3) is 0 Å². The number of nitrogens with two attached hydrogens (primary N) is 1. The second kappa shape index (κ2) is 4.76. The first-order valence-electron chi connectivity index (χ1n) is 6.94. The van der Waals surface area contributed by atoms with Gasteiger partial charge in [0.25, 0.3) is 0 Å². The summed E-state index contributed by atoms with van der Waals surface area (Å²) in [5, 5.41) is 0. The number of likely N-dealkylation sites (tertiary alicyclic amines) is 1. The lowest BCUT2D eigenvalue weighted by atomic mass is 10.1. The highest BCUT2D eigenvalue weighted by atomic mass is 16.2. The molecule has 1 aliphatic carbocycles. The Kier molecular flexibility index (Phi) is 3.12. The zero-order valence-corrected chi connectivity index (χ0v) is 10.6. The van der Waals surface area contributed by atoms with E-state index in [2.05, 4.69) is 11.1 Å². The summed E-state index contributed by atoms with van der Waals surface area (Å²) in [6.45, 7) is 0.875. The molecule has 1 saturated heterocycles. The van der Waals surface area contributed by atoms with E-state index >= 15 is 0 Å². The van der Waals surface area contributed by atoms with Gasteiger partial charge < -0.3 is 15.6 Å². The quantitative estimate of drug-likeness (QED) is 0.852. The van der Waals surface area contributed by atoms with Crippen molar-refractivity contribution in [1.29, 1.82) is 0 Å². The molecule has 0 aromatic carbocycles. The molecule has 3 rings (SSSR count). The lowest BCUT2D eigenvalue weighted by molar-refractivity contribution is -0.132. The van der Waals surface area contributed by atoms with Gasteiger partial charge in [-0.3, -0.25) is 4.79 Å². The van der Waals surface area contributed by atoms with Crippen LogP contribution in [0.4, 0.5) is 0 Å². The third-order valence-corrected chi connectivity index (χ3v) is 4.19. The maximum absolute atomic E-state index is 12.3. The number of hydrogen-bond acceptors (Lipinski definition) is 2. The van der Waals surface area contributed by atoms with Crippen molar-refractivity contribution >= 4 is 5.91 Å². The first kappa shape index (κ1) is 11.8. The van der Waals surface area contributed by atoms with Gasteiger partial charge in [-0.25, -0.2) is 0 Å². The van der Waals surface area contributed by atoms with Crippen LogP contribution in [-0.2, 0) is 4.79 Å². The summed E-state index contributed by atoms with van der Waals surface area (Å²) in [7, 11) is 0. The molecule has 0 radical (unpaired) electrons. The summed E-state index contributed by atoms with van der Waals surface area (Å²) in [5.41, 5.74) is 7.21. The number of rotatable bonds is 4. The average Bonchev–Trinajstić information content (AvgIpc) is 2.90. The van der Waals surface area contributed by atoms with Crippen molar-refractivity contribution in [2.24, 2.45) is 11.7 Å². The van der Waals surface area contributed by atoms with E-state index in [-0.39, 0.29) is 18.0 Å². The fourth-order valence-corrected chi connectivity index (χ4v) is 2.95. The van der Waals surface area contributed by atoms with Crippen LogP contribution in [0.5, 0.6) is 0 Å². The molecule has 2 unspecified atom stereocenters. The van der Waals surface area contributed by atoms with Crippen LogP contribution < -0.4 is 5.73 Å². The summed E-state index contributed by atoms with van der Waals surface area (Å²) >= 11 is 0. The molecule has 1 amide bonds. The molecular weight excluding hydrogens is 226 g/mol. The molecule has 1 saturated carbocycles. The lowest BCUT2D eigenvalue weighted by Gasteiger charge is -2.25. The maximum atomic E-state index is 12.3. The number of amides is 1. The van der Waals surface area contributed by atoms with E-state index in [0.29, 0.717) is 12.3 Å². The number of hydrogen-bond donors (Lipinski definition) is 2. The molecular formula is C14H21N3O. The second-order valence-corrected chi connectivity index (χ2v) is 5.58. The van der Waals surface area contributed by atoms with Crippen LogP contribution in [-0.4, -0.2) is 28.4 Å². The van der Waals surface area contributed by atoms with Gasteiger partial charge in [-0.2, -0.15) is 0 Å². The molecule has 0 bridgehead atoms. The largest absolute Gasteiger partial charge is 0.363 e. The minimum atomic E-state index is 0.0717. The predicted molar refractivity (Wildman–Crippen MR) is 69.8 cm³/mol. The third-order valence-electron chi connectivity index (χ3n) is 4.19. The van der Waals surface area contributed by atoms with Crippen LogP contribution in [0.2, 0.25) is 0 Å². The normalized spacial score (nSPS) is 25.4. The van der Waals surface area contributed by atoms with Gasteiger partial charge in [0.15, 0.2) is 0 Å². The van der Waals surface area contributed by atoms with Gasteiger partial charge in [0, 0.05) is 30.9 Å². The van der Waals surface area contributed by atoms with Crippen LogP contribution in [0, 0.1) is 5.92 Å². The minimum Gasteiger partial charge on any atom is -0.363 e. The fourth-order valence-electron chi connectivity index (χ4n) is 2.95. The van der Waals surface area contributed by atoms with E-state index < -0.39 is 0 Å².